The van der Waals surface area contributed by atoms with E-state index in [1.54, 1.807) is 19.1 Å². The number of nitriles is 1. The third-order valence-corrected chi connectivity index (χ3v) is 4.48. The van der Waals surface area contributed by atoms with E-state index in [1.807, 2.05) is 13.8 Å². The van der Waals surface area contributed by atoms with Gasteiger partial charge in [-0.2, -0.15) is 5.26 Å². The van der Waals surface area contributed by atoms with Gasteiger partial charge in [-0.1, -0.05) is 19.1 Å². The SMILES string of the molecule is CCC(C)Oc1cc(NC(=O)/C(C#N)=C(/C)O)c(F)cc1-c1cccc(F)c1C. The predicted molar refractivity (Wildman–Crippen MR) is 106 cm³/mol. The molecule has 0 aliphatic heterocycles. The van der Waals surface area contributed by atoms with E-state index < -0.39 is 28.9 Å². The Labute approximate surface area is 168 Å². The first kappa shape index (κ1) is 21.9. The highest BCUT2D eigenvalue weighted by atomic mass is 19.1. The topological polar surface area (TPSA) is 82.3 Å². The minimum atomic E-state index is -0.949. The van der Waals surface area contributed by atoms with Crippen molar-refractivity contribution in [1.29, 1.82) is 5.26 Å². The van der Waals surface area contributed by atoms with Crippen molar-refractivity contribution in [3.63, 3.8) is 0 Å². The van der Waals surface area contributed by atoms with Gasteiger partial charge in [0.25, 0.3) is 5.91 Å². The fraction of sp³-hybridized carbons (Fsp3) is 0.273. The van der Waals surface area contributed by atoms with Crippen molar-refractivity contribution in [1.82, 2.24) is 0 Å². The summed E-state index contributed by atoms with van der Waals surface area (Å²) in [4.78, 5) is 12.2. The highest BCUT2D eigenvalue weighted by Crippen LogP contribution is 2.37. The molecule has 7 heteroatoms. The van der Waals surface area contributed by atoms with Gasteiger partial charge < -0.3 is 15.2 Å². The molecular weight excluding hydrogens is 378 g/mol. The van der Waals surface area contributed by atoms with Gasteiger partial charge in [0.15, 0.2) is 5.57 Å². The van der Waals surface area contributed by atoms with Gasteiger partial charge in [-0.05, 0) is 50.5 Å². The summed E-state index contributed by atoms with van der Waals surface area (Å²) in [5.74, 6) is -2.39. The molecule has 0 bridgehead atoms. The second-order valence-electron chi connectivity index (χ2n) is 6.60. The summed E-state index contributed by atoms with van der Waals surface area (Å²) < 4.78 is 34.7. The van der Waals surface area contributed by atoms with E-state index in [9.17, 15) is 18.7 Å². The third kappa shape index (κ3) is 4.91. The van der Waals surface area contributed by atoms with E-state index in [0.717, 1.165) is 6.07 Å². The molecule has 0 saturated carbocycles. The molecule has 0 fully saturated rings. The van der Waals surface area contributed by atoms with Crippen molar-refractivity contribution in [3.05, 3.63) is 58.9 Å². The first-order valence-electron chi connectivity index (χ1n) is 9.06. The molecule has 0 aromatic heterocycles. The molecule has 2 aromatic carbocycles. The summed E-state index contributed by atoms with van der Waals surface area (Å²) in [7, 11) is 0. The van der Waals surface area contributed by atoms with Crippen LogP contribution in [0.25, 0.3) is 11.1 Å². The Kier molecular flexibility index (Phi) is 6.94. The number of nitrogens with one attached hydrogen (secondary N) is 1. The van der Waals surface area contributed by atoms with Crippen LogP contribution < -0.4 is 10.1 Å². The van der Waals surface area contributed by atoms with Crippen LogP contribution in [-0.4, -0.2) is 17.1 Å². The van der Waals surface area contributed by atoms with Crippen molar-refractivity contribution < 1.29 is 23.4 Å². The minimum absolute atomic E-state index is 0.217. The summed E-state index contributed by atoms with van der Waals surface area (Å²) in [6.45, 7) is 6.51. The summed E-state index contributed by atoms with van der Waals surface area (Å²) in [5, 5.41) is 20.7. The highest BCUT2D eigenvalue weighted by molar-refractivity contribution is 6.07. The van der Waals surface area contributed by atoms with Crippen molar-refractivity contribution >= 4 is 11.6 Å². The number of anilines is 1. The predicted octanol–water partition coefficient (Wildman–Crippen LogP) is 5.41. The number of aliphatic hydroxyl groups is 1. The molecule has 1 amide bonds. The molecule has 0 heterocycles. The monoisotopic (exact) mass is 400 g/mol. The molecule has 2 N–H and O–H groups in total. The second kappa shape index (κ2) is 9.20. The summed E-state index contributed by atoms with van der Waals surface area (Å²) in [6.07, 6.45) is 0.456. The molecule has 2 aromatic rings. The third-order valence-electron chi connectivity index (χ3n) is 4.48. The average molecular weight is 400 g/mol. The van der Waals surface area contributed by atoms with Crippen molar-refractivity contribution in [2.24, 2.45) is 0 Å². The quantitative estimate of drug-likeness (QED) is 0.386. The molecule has 0 saturated heterocycles. The van der Waals surface area contributed by atoms with Crippen LogP contribution in [0.15, 0.2) is 41.7 Å². The van der Waals surface area contributed by atoms with Gasteiger partial charge in [0.2, 0.25) is 0 Å². The lowest BCUT2D eigenvalue weighted by molar-refractivity contribution is -0.112. The van der Waals surface area contributed by atoms with E-state index in [4.69, 9.17) is 10.00 Å². The number of benzene rings is 2. The van der Waals surface area contributed by atoms with Crippen LogP contribution in [0.1, 0.15) is 32.8 Å². The van der Waals surface area contributed by atoms with Crippen LogP contribution in [-0.2, 0) is 4.79 Å². The Morgan fingerprint density at radius 2 is 1.97 bits per heavy atom. The maximum absolute atomic E-state index is 14.8. The summed E-state index contributed by atoms with van der Waals surface area (Å²) >= 11 is 0. The Bertz CT molecular complexity index is 1010. The van der Waals surface area contributed by atoms with E-state index in [2.05, 4.69) is 5.32 Å². The molecule has 0 aliphatic carbocycles. The molecule has 152 valence electrons. The standard InChI is InChI=1S/C22H22F2N2O3/c1-5-12(2)29-21-10-20(26-22(28)17(11-25)14(4)27)19(24)9-16(21)15-7-6-8-18(23)13(15)3/h6-10,12,27H,5H2,1-4H3,(H,26,28)/b17-14-. The van der Waals surface area contributed by atoms with Crippen molar-refractivity contribution in [3.8, 4) is 22.9 Å². The zero-order valence-corrected chi connectivity index (χ0v) is 16.6. The number of ether oxygens (including phenoxy) is 1. The zero-order chi connectivity index (χ0) is 21.7. The number of amides is 1. The molecule has 1 unspecified atom stereocenters. The molecule has 1 atom stereocenters. The van der Waals surface area contributed by atoms with Gasteiger partial charge in [-0.15, -0.1) is 0 Å². The van der Waals surface area contributed by atoms with Gasteiger partial charge in [0.1, 0.15) is 29.2 Å². The Hall–Kier alpha value is -3.40. The largest absolute Gasteiger partial charge is 0.511 e. The Balaban J connectivity index is 2.59. The Morgan fingerprint density at radius 3 is 2.55 bits per heavy atom. The molecule has 5 nitrogen and oxygen atoms in total. The number of hydrogen-bond acceptors (Lipinski definition) is 4. The lowest BCUT2D eigenvalue weighted by atomic mass is 9.98. The minimum Gasteiger partial charge on any atom is -0.511 e. The lowest BCUT2D eigenvalue weighted by Gasteiger charge is -2.19. The maximum Gasteiger partial charge on any atom is 0.269 e. The molecule has 0 radical (unpaired) electrons. The first-order chi connectivity index (χ1) is 13.7. The van der Waals surface area contributed by atoms with Crippen LogP contribution in [0.2, 0.25) is 0 Å². The molecule has 0 aliphatic rings. The molecule has 29 heavy (non-hydrogen) atoms. The van der Waals surface area contributed by atoms with E-state index in [1.165, 1.54) is 25.1 Å². The van der Waals surface area contributed by atoms with Crippen LogP contribution >= 0.6 is 0 Å². The van der Waals surface area contributed by atoms with Gasteiger partial charge in [-0.3, -0.25) is 4.79 Å². The number of halogens is 2. The number of carbonyl (C=O) groups excluding carboxylic acids is 1. The zero-order valence-electron chi connectivity index (χ0n) is 16.6. The average Bonchev–Trinajstić information content (AvgIpc) is 2.66. The van der Waals surface area contributed by atoms with E-state index in [0.29, 0.717) is 23.1 Å². The maximum atomic E-state index is 14.8. The molecule has 2 rings (SSSR count). The molecule has 0 spiro atoms. The van der Waals surface area contributed by atoms with Crippen LogP contribution in [0.3, 0.4) is 0 Å². The number of carbonyl (C=O) groups is 1. The first-order valence-corrected chi connectivity index (χ1v) is 9.06. The van der Waals surface area contributed by atoms with Crippen molar-refractivity contribution in [2.45, 2.75) is 40.2 Å². The molecular formula is C22H22F2N2O3. The van der Waals surface area contributed by atoms with Gasteiger partial charge >= 0.3 is 0 Å². The summed E-state index contributed by atoms with van der Waals surface area (Å²) in [6, 6.07) is 8.50. The number of aliphatic hydroxyl groups excluding tert-OH is 1. The fourth-order valence-electron chi connectivity index (χ4n) is 2.64. The second-order valence-corrected chi connectivity index (χ2v) is 6.60. The van der Waals surface area contributed by atoms with Crippen LogP contribution in [0, 0.1) is 29.9 Å². The number of allylic oxidation sites excluding steroid dienone is 1. The highest BCUT2D eigenvalue weighted by Gasteiger charge is 2.20. The normalized spacial score (nSPS) is 12.6. The van der Waals surface area contributed by atoms with Gasteiger partial charge in [0.05, 0.1) is 11.8 Å². The van der Waals surface area contributed by atoms with Crippen LogP contribution in [0.5, 0.6) is 5.75 Å². The fourth-order valence-corrected chi connectivity index (χ4v) is 2.64. The van der Waals surface area contributed by atoms with Gasteiger partial charge in [-0.25, -0.2) is 8.78 Å². The van der Waals surface area contributed by atoms with Gasteiger partial charge in [0, 0.05) is 11.6 Å². The summed E-state index contributed by atoms with van der Waals surface area (Å²) in [5.41, 5.74) is 0.387. The Morgan fingerprint density at radius 1 is 1.28 bits per heavy atom. The van der Waals surface area contributed by atoms with E-state index >= 15 is 0 Å². The number of hydrogen-bond donors (Lipinski definition) is 2. The lowest BCUT2D eigenvalue weighted by Crippen LogP contribution is -2.17. The van der Waals surface area contributed by atoms with E-state index in [-0.39, 0.29) is 17.5 Å². The van der Waals surface area contributed by atoms with Crippen LogP contribution in [0.4, 0.5) is 14.5 Å². The number of rotatable bonds is 6. The smallest absolute Gasteiger partial charge is 0.269 e. The number of nitrogens with zero attached hydrogens (tertiary/aromatic N) is 1. The van der Waals surface area contributed by atoms with Crippen molar-refractivity contribution in [2.75, 3.05) is 5.32 Å².